The predicted octanol–water partition coefficient (Wildman–Crippen LogP) is 3.92. The van der Waals surface area contributed by atoms with Gasteiger partial charge in [-0.2, -0.15) is 0 Å². The van der Waals surface area contributed by atoms with E-state index in [1.54, 1.807) is 24.0 Å². The van der Waals surface area contributed by atoms with E-state index in [2.05, 4.69) is 4.90 Å². The van der Waals surface area contributed by atoms with Gasteiger partial charge in [0.25, 0.3) is 0 Å². The van der Waals surface area contributed by atoms with Crippen molar-refractivity contribution in [3.8, 4) is 0 Å². The minimum atomic E-state index is -0.509. The average molecular weight is 436 g/mol. The van der Waals surface area contributed by atoms with E-state index in [0.29, 0.717) is 35.4 Å². The largest absolute Gasteiger partial charge is 0.466 e. The van der Waals surface area contributed by atoms with Crippen LogP contribution in [0.15, 0.2) is 42.5 Å². The molecule has 3 rings (SSSR count). The van der Waals surface area contributed by atoms with Crippen LogP contribution in [0, 0.1) is 0 Å². The second-order valence-corrected chi connectivity index (χ2v) is 7.66. The van der Waals surface area contributed by atoms with Crippen LogP contribution >= 0.6 is 23.2 Å². The second-order valence-electron chi connectivity index (χ2n) is 6.79. The lowest BCUT2D eigenvalue weighted by Crippen LogP contribution is -2.51. The Balaban J connectivity index is 1.87. The van der Waals surface area contributed by atoms with Crippen LogP contribution < -0.4 is 10.6 Å². The zero-order chi connectivity index (χ0) is 21.0. The van der Waals surface area contributed by atoms with Crippen LogP contribution in [0.25, 0.3) is 0 Å². The lowest BCUT2D eigenvalue weighted by atomic mass is 10.0. The number of esters is 1. The molecular formula is C21H23Cl2N3O3. The number of nitrogens with two attached hydrogens (primary N) is 1. The zero-order valence-corrected chi connectivity index (χ0v) is 17.6. The van der Waals surface area contributed by atoms with E-state index in [-0.39, 0.29) is 25.0 Å². The Bertz CT molecular complexity index is 889. The van der Waals surface area contributed by atoms with E-state index in [9.17, 15) is 9.59 Å². The molecular weight excluding hydrogens is 413 g/mol. The summed E-state index contributed by atoms with van der Waals surface area (Å²) in [6, 6.07) is 12.8. The molecule has 1 saturated heterocycles. The van der Waals surface area contributed by atoms with Gasteiger partial charge in [-0.1, -0.05) is 35.3 Å². The first-order chi connectivity index (χ1) is 13.9. The number of carbonyl (C=O) groups is 2. The monoisotopic (exact) mass is 435 g/mol. The molecule has 1 aliphatic rings. The van der Waals surface area contributed by atoms with Crippen molar-refractivity contribution in [3.05, 3.63) is 58.1 Å². The Morgan fingerprint density at radius 2 is 1.79 bits per heavy atom. The number of nitrogen functional groups attached to an aromatic ring is 1. The van der Waals surface area contributed by atoms with Crippen LogP contribution in [-0.2, 0) is 14.3 Å². The SMILES string of the molecule is CCOC(=O)CC(=O)N1CCN(c2ccc(Cl)cc2N)C(c2ccc(Cl)cc2)C1. The van der Waals surface area contributed by atoms with Crippen LogP contribution in [0.3, 0.4) is 0 Å². The molecule has 0 aliphatic carbocycles. The number of amides is 1. The molecule has 0 aromatic heterocycles. The summed E-state index contributed by atoms with van der Waals surface area (Å²) in [6.07, 6.45) is -0.260. The molecule has 0 spiro atoms. The molecule has 2 N–H and O–H groups in total. The van der Waals surface area contributed by atoms with E-state index in [1.165, 1.54) is 0 Å². The molecule has 0 bridgehead atoms. The normalized spacial score (nSPS) is 16.6. The number of anilines is 2. The highest BCUT2D eigenvalue weighted by molar-refractivity contribution is 6.31. The molecule has 2 aromatic carbocycles. The van der Waals surface area contributed by atoms with Crippen LogP contribution in [0.1, 0.15) is 24.9 Å². The van der Waals surface area contributed by atoms with Crippen molar-refractivity contribution in [2.24, 2.45) is 0 Å². The summed E-state index contributed by atoms with van der Waals surface area (Å²) in [4.78, 5) is 28.2. The van der Waals surface area contributed by atoms with Crippen molar-refractivity contribution < 1.29 is 14.3 Å². The number of benzene rings is 2. The van der Waals surface area contributed by atoms with Crippen molar-refractivity contribution in [3.63, 3.8) is 0 Å². The smallest absolute Gasteiger partial charge is 0.315 e. The van der Waals surface area contributed by atoms with Gasteiger partial charge in [-0.25, -0.2) is 0 Å². The van der Waals surface area contributed by atoms with Crippen LogP contribution in [0.5, 0.6) is 0 Å². The molecule has 8 heteroatoms. The number of ether oxygens (including phenoxy) is 1. The number of hydrogen-bond acceptors (Lipinski definition) is 5. The summed E-state index contributed by atoms with van der Waals surface area (Å²) < 4.78 is 4.90. The maximum Gasteiger partial charge on any atom is 0.315 e. The van der Waals surface area contributed by atoms with Gasteiger partial charge in [-0.05, 0) is 42.8 Å². The van der Waals surface area contributed by atoms with Gasteiger partial charge in [0.1, 0.15) is 6.42 Å². The van der Waals surface area contributed by atoms with Gasteiger partial charge in [0.15, 0.2) is 0 Å². The Morgan fingerprint density at radius 3 is 2.45 bits per heavy atom. The van der Waals surface area contributed by atoms with Crippen molar-refractivity contribution >= 4 is 46.5 Å². The van der Waals surface area contributed by atoms with Crippen molar-refractivity contribution in [2.45, 2.75) is 19.4 Å². The summed E-state index contributed by atoms with van der Waals surface area (Å²) in [5.74, 6) is -0.754. The van der Waals surface area contributed by atoms with Gasteiger partial charge in [-0.15, -0.1) is 0 Å². The highest BCUT2D eigenvalue weighted by Gasteiger charge is 2.32. The molecule has 0 radical (unpaired) electrons. The average Bonchev–Trinajstić information content (AvgIpc) is 2.68. The molecule has 1 amide bonds. The third-order valence-corrected chi connectivity index (χ3v) is 5.37. The van der Waals surface area contributed by atoms with Crippen molar-refractivity contribution in [1.82, 2.24) is 4.90 Å². The first-order valence-electron chi connectivity index (χ1n) is 9.39. The molecule has 6 nitrogen and oxygen atoms in total. The van der Waals surface area contributed by atoms with E-state index < -0.39 is 5.97 Å². The van der Waals surface area contributed by atoms with E-state index in [1.807, 2.05) is 30.3 Å². The van der Waals surface area contributed by atoms with E-state index in [4.69, 9.17) is 33.7 Å². The van der Waals surface area contributed by atoms with Crippen molar-refractivity contribution in [2.75, 3.05) is 36.9 Å². The Morgan fingerprint density at radius 1 is 1.10 bits per heavy atom. The highest BCUT2D eigenvalue weighted by Crippen LogP contribution is 2.36. The van der Waals surface area contributed by atoms with Crippen molar-refractivity contribution in [1.29, 1.82) is 0 Å². The minimum absolute atomic E-state index is 0.143. The summed E-state index contributed by atoms with van der Waals surface area (Å²) >= 11 is 12.1. The third-order valence-electron chi connectivity index (χ3n) is 4.89. The summed E-state index contributed by atoms with van der Waals surface area (Å²) in [5.41, 5.74) is 8.64. The number of piperazine rings is 1. The maximum absolute atomic E-state index is 12.6. The molecule has 0 saturated carbocycles. The first kappa shape index (κ1) is 21.3. The molecule has 1 unspecified atom stereocenters. The first-order valence-corrected chi connectivity index (χ1v) is 10.1. The second kappa shape index (κ2) is 9.37. The van der Waals surface area contributed by atoms with Gasteiger partial charge in [0.2, 0.25) is 5.91 Å². The van der Waals surface area contributed by atoms with Crippen LogP contribution in [0.2, 0.25) is 10.0 Å². The van der Waals surface area contributed by atoms with Gasteiger partial charge in [0.05, 0.1) is 24.0 Å². The Kier molecular flexibility index (Phi) is 6.87. The lowest BCUT2D eigenvalue weighted by molar-refractivity contribution is -0.148. The molecule has 1 atom stereocenters. The molecule has 1 heterocycles. The van der Waals surface area contributed by atoms with Gasteiger partial charge < -0.3 is 20.3 Å². The fraction of sp³-hybridized carbons (Fsp3) is 0.333. The number of nitrogens with zero attached hydrogens (tertiary/aromatic N) is 2. The highest BCUT2D eigenvalue weighted by atomic mass is 35.5. The standard InChI is InChI=1S/C21H23Cl2N3O3/c1-2-29-21(28)12-20(27)25-9-10-26(18-8-7-16(23)11-17(18)24)19(13-25)14-3-5-15(22)6-4-14/h3-8,11,19H,2,9-10,12-13,24H2,1H3. The number of halogens is 2. The number of hydrogen-bond donors (Lipinski definition) is 1. The molecule has 154 valence electrons. The Labute approximate surface area is 180 Å². The van der Waals surface area contributed by atoms with E-state index in [0.717, 1.165) is 11.3 Å². The van der Waals surface area contributed by atoms with Gasteiger partial charge in [-0.3, -0.25) is 9.59 Å². The number of rotatable bonds is 5. The molecule has 2 aromatic rings. The quantitative estimate of drug-likeness (QED) is 0.437. The predicted molar refractivity (Wildman–Crippen MR) is 115 cm³/mol. The topological polar surface area (TPSA) is 75.9 Å². The summed E-state index contributed by atoms with van der Waals surface area (Å²) in [7, 11) is 0. The summed E-state index contributed by atoms with van der Waals surface area (Å²) in [6.45, 7) is 3.43. The lowest BCUT2D eigenvalue weighted by Gasteiger charge is -2.43. The summed E-state index contributed by atoms with van der Waals surface area (Å²) in [5, 5.41) is 1.20. The van der Waals surface area contributed by atoms with Crippen LogP contribution in [0.4, 0.5) is 11.4 Å². The fourth-order valence-corrected chi connectivity index (χ4v) is 3.81. The molecule has 1 aliphatic heterocycles. The fourth-order valence-electron chi connectivity index (χ4n) is 3.50. The molecule has 1 fully saturated rings. The molecule has 29 heavy (non-hydrogen) atoms. The third kappa shape index (κ3) is 5.14. The zero-order valence-electron chi connectivity index (χ0n) is 16.1. The van der Waals surface area contributed by atoms with Crippen LogP contribution in [-0.4, -0.2) is 43.0 Å². The minimum Gasteiger partial charge on any atom is -0.466 e. The van der Waals surface area contributed by atoms with Gasteiger partial charge >= 0.3 is 5.97 Å². The number of carbonyl (C=O) groups excluding carboxylic acids is 2. The van der Waals surface area contributed by atoms with E-state index >= 15 is 0 Å². The maximum atomic E-state index is 12.6. The van der Waals surface area contributed by atoms with Gasteiger partial charge in [0, 0.05) is 29.7 Å². The Hall–Kier alpha value is -2.44.